The van der Waals surface area contributed by atoms with Crippen molar-refractivity contribution >= 4 is 22.9 Å². The van der Waals surface area contributed by atoms with Gasteiger partial charge in [0.25, 0.3) is 5.91 Å². The van der Waals surface area contributed by atoms with Crippen molar-refractivity contribution in [3.05, 3.63) is 81.5 Å². The average molecular weight is 396 g/mol. The summed E-state index contributed by atoms with van der Waals surface area (Å²) in [5.41, 5.74) is 4.05. The summed E-state index contributed by atoms with van der Waals surface area (Å²) >= 11 is 1.74. The molecule has 3 rings (SSSR count). The van der Waals surface area contributed by atoms with Crippen LogP contribution in [0.25, 0.3) is 0 Å². The number of methoxy groups -OCH3 is 1. The van der Waals surface area contributed by atoms with E-state index in [1.54, 1.807) is 18.4 Å². The van der Waals surface area contributed by atoms with E-state index in [0.29, 0.717) is 11.4 Å². The number of quaternary nitrogens is 1. The number of anilines is 1. The number of benzene rings is 2. The zero-order valence-corrected chi connectivity index (χ0v) is 17.6. The van der Waals surface area contributed by atoms with Gasteiger partial charge < -0.3 is 15.0 Å². The van der Waals surface area contributed by atoms with Gasteiger partial charge in [0.1, 0.15) is 12.3 Å². The molecular formula is C23H27N2O2S+. The maximum atomic E-state index is 13.4. The largest absolute Gasteiger partial charge is 0.495 e. The summed E-state index contributed by atoms with van der Waals surface area (Å²) in [6.07, 6.45) is 0. The summed E-state index contributed by atoms with van der Waals surface area (Å²) in [7, 11) is 3.69. The summed E-state index contributed by atoms with van der Waals surface area (Å²) in [6, 6.07) is 17.6. The predicted octanol–water partition coefficient (Wildman–Crippen LogP) is 3.77. The Hall–Kier alpha value is -2.63. The van der Waals surface area contributed by atoms with Gasteiger partial charge in [-0.1, -0.05) is 36.4 Å². The zero-order chi connectivity index (χ0) is 20.1. The molecule has 0 fully saturated rings. The highest BCUT2D eigenvalue weighted by atomic mass is 32.1. The smallest absolute Gasteiger partial charge is 0.287 e. The number of hydrogen-bond donors (Lipinski definition) is 2. The fourth-order valence-electron chi connectivity index (χ4n) is 3.37. The lowest BCUT2D eigenvalue weighted by molar-refractivity contribution is -0.915. The summed E-state index contributed by atoms with van der Waals surface area (Å²) in [6.45, 7) is 4.91. The van der Waals surface area contributed by atoms with Gasteiger partial charge in [-0.3, -0.25) is 4.79 Å². The second-order valence-electron chi connectivity index (χ2n) is 7.09. The van der Waals surface area contributed by atoms with Crippen LogP contribution in [0.15, 0.2) is 60.0 Å². The van der Waals surface area contributed by atoms with Crippen LogP contribution in [0, 0.1) is 13.8 Å². The first-order chi connectivity index (χ1) is 13.5. The number of aryl methyl sites for hydroxylation is 2. The SMILES string of the molecule is COc1ccc(C)cc1NC(=O)[C@H](c1ccccc1)[NH+](C)Cc1sccc1C. The summed E-state index contributed by atoms with van der Waals surface area (Å²) < 4.78 is 5.43. The maximum absolute atomic E-state index is 13.4. The van der Waals surface area contributed by atoms with E-state index in [9.17, 15) is 4.79 Å². The minimum atomic E-state index is -0.326. The zero-order valence-electron chi connectivity index (χ0n) is 16.8. The van der Waals surface area contributed by atoms with Crippen LogP contribution in [0.5, 0.6) is 5.75 Å². The second-order valence-corrected chi connectivity index (χ2v) is 8.09. The van der Waals surface area contributed by atoms with E-state index in [1.807, 2.05) is 55.5 Å². The molecule has 5 heteroatoms. The lowest BCUT2D eigenvalue weighted by Crippen LogP contribution is -3.09. The van der Waals surface area contributed by atoms with E-state index in [0.717, 1.165) is 22.6 Å². The van der Waals surface area contributed by atoms with Gasteiger partial charge in [-0.15, -0.1) is 11.3 Å². The normalized spacial score (nSPS) is 13.0. The molecule has 0 aliphatic rings. The number of ether oxygens (including phenoxy) is 1. The standard InChI is InChI=1S/C23H26N2O2S/c1-16-10-11-20(27-4)19(14-16)24-23(26)22(18-8-6-5-7-9-18)25(3)15-21-17(2)12-13-28-21/h5-14,22H,15H2,1-4H3,(H,24,26)/p+1/t22-/m0/s1. The third-order valence-corrected chi connectivity index (χ3v) is 5.93. The van der Waals surface area contributed by atoms with Gasteiger partial charge in [-0.2, -0.15) is 0 Å². The Morgan fingerprint density at radius 3 is 2.54 bits per heavy atom. The molecule has 146 valence electrons. The topological polar surface area (TPSA) is 42.8 Å². The van der Waals surface area contributed by atoms with E-state index in [1.165, 1.54) is 10.4 Å². The van der Waals surface area contributed by atoms with Crippen molar-refractivity contribution in [3.63, 3.8) is 0 Å². The molecule has 28 heavy (non-hydrogen) atoms. The van der Waals surface area contributed by atoms with Crippen LogP contribution in [0.4, 0.5) is 5.69 Å². The minimum absolute atomic E-state index is 0.0400. The van der Waals surface area contributed by atoms with Crippen LogP contribution in [0.2, 0.25) is 0 Å². The fraction of sp³-hybridized carbons (Fsp3) is 0.261. The molecule has 0 saturated carbocycles. The van der Waals surface area contributed by atoms with E-state index in [4.69, 9.17) is 4.74 Å². The van der Waals surface area contributed by atoms with Gasteiger partial charge in [0, 0.05) is 5.56 Å². The third-order valence-electron chi connectivity index (χ3n) is 4.91. The van der Waals surface area contributed by atoms with Crippen LogP contribution >= 0.6 is 11.3 Å². The Morgan fingerprint density at radius 1 is 1.14 bits per heavy atom. The molecule has 2 N–H and O–H groups in total. The van der Waals surface area contributed by atoms with Crippen LogP contribution in [-0.4, -0.2) is 20.1 Å². The molecule has 2 aromatic carbocycles. The van der Waals surface area contributed by atoms with Crippen molar-refractivity contribution in [2.45, 2.75) is 26.4 Å². The molecule has 0 spiro atoms. The maximum Gasteiger partial charge on any atom is 0.287 e. The molecule has 0 saturated heterocycles. The molecule has 1 unspecified atom stereocenters. The molecule has 3 aromatic rings. The van der Waals surface area contributed by atoms with Crippen molar-refractivity contribution in [2.24, 2.45) is 0 Å². The Labute approximate surface area is 170 Å². The lowest BCUT2D eigenvalue weighted by atomic mass is 10.0. The van der Waals surface area contributed by atoms with Gasteiger partial charge >= 0.3 is 0 Å². The van der Waals surface area contributed by atoms with Gasteiger partial charge in [-0.05, 0) is 48.6 Å². The van der Waals surface area contributed by atoms with Gasteiger partial charge in [0.05, 0.1) is 24.7 Å². The highest BCUT2D eigenvalue weighted by Crippen LogP contribution is 2.26. The van der Waals surface area contributed by atoms with Crippen molar-refractivity contribution in [2.75, 3.05) is 19.5 Å². The van der Waals surface area contributed by atoms with Gasteiger partial charge in [0.15, 0.2) is 6.04 Å². The summed E-state index contributed by atoms with van der Waals surface area (Å²) in [5.74, 6) is 0.624. The number of carbonyl (C=O) groups is 1. The number of nitrogens with one attached hydrogen (secondary N) is 2. The van der Waals surface area contributed by atoms with E-state index in [-0.39, 0.29) is 11.9 Å². The lowest BCUT2D eigenvalue weighted by Gasteiger charge is -2.25. The predicted molar refractivity (Wildman–Crippen MR) is 115 cm³/mol. The number of rotatable bonds is 7. The van der Waals surface area contributed by atoms with Crippen LogP contribution in [-0.2, 0) is 11.3 Å². The molecule has 2 atom stereocenters. The summed E-state index contributed by atoms with van der Waals surface area (Å²) in [4.78, 5) is 15.8. The number of thiophene rings is 1. The number of hydrogen-bond acceptors (Lipinski definition) is 3. The van der Waals surface area contributed by atoms with Crippen molar-refractivity contribution in [1.82, 2.24) is 0 Å². The Kier molecular flexibility index (Phi) is 6.49. The molecule has 0 aliphatic carbocycles. The molecule has 0 aliphatic heterocycles. The third kappa shape index (κ3) is 4.61. The van der Waals surface area contributed by atoms with Gasteiger partial charge in [0.2, 0.25) is 0 Å². The quantitative estimate of drug-likeness (QED) is 0.640. The molecule has 0 radical (unpaired) electrons. The van der Waals surface area contributed by atoms with Gasteiger partial charge in [-0.25, -0.2) is 0 Å². The molecule has 4 nitrogen and oxygen atoms in total. The first kappa shape index (κ1) is 20.1. The molecule has 1 heterocycles. The highest BCUT2D eigenvalue weighted by molar-refractivity contribution is 7.10. The Bertz CT molecular complexity index is 937. The molecule has 1 aromatic heterocycles. The van der Waals surface area contributed by atoms with Crippen LogP contribution in [0.1, 0.15) is 27.6 Å². The molecule has 0 bridgehead atoms. The first-order valence-corrected chi connectivity index (χ1v) is 10.2. The van der Waals surface area contributed by atoms with Crippen LogP contribution in [0.3, 0.4) is 0 Å². The van der Waals surface area contributed by atoms with Crippen LogP contribution < -0.4 is 15.0 Å². The Morgan fingerprint density at radius 2 is 1.89 bits per heavy atom. The van der Waals surface area contributed by atoms with Crippen molar-refractivity contribution in [1.29, 1.82) is 0 Å². The van der Waals surface area contributed by atoms with Crippen molar-refractivity contribution < 1.29 is 14.4 Å². The van der Waals surface area contributed by atoms with E-state index in [2.05, 4.69) is 30.7 Å². The average Bonchev–Trinajstić information content (AvgIpc) is 3.07. The fourth-order valence-corrected chi connectivity index (χ4v) is 4.37. The Balaban J connectivity index is 1.89. The van der Waals surface area contributed by atoms with E-state index >= 15 is 0 Å². The van der Waals surface area contributed by atoms with E-state index < -0.39 is 0 Å². The second kappa shape index (κ2) is 9.04. The molecular weight excluding hydrogens is 368 g/mol. The monoisotopic (exact) mass is 395 g/mol. The number of likely N-dealkylation sites (N-methyl/N-ethyl adjacent to an activating group) is 1. The number of carbonyl (C=O) groups excluding carboxylic acids is 1. The summed E-state index contributed by atoms with van der Waals surface area (Å²) in [5, 5.41) is 5.20. The highest BCUT2D eigenvalue weighted by Gasteiger charge is 2.30. The molecule has 1 amide bonds. The first-order valence-electron chi connectivity index (χ1n) is 9.35. The number of amides is 1. The minimum Gasteiger partial charge on any atom is -0.495 e. The van der Waals surface area contributed by atoms with Crippen molar-refractivity contribution in [3.8, 4) is 5.75 Å².